The third-order valence-corrected chi connectivity index (χ3v) is 8.90. The van der Waals surface area contributed by atoms with Gasteiger partial charge in [0, 0.05) is 5.70 Å². The summed E-state index contributed by atoms with van der Waals surface area (Å²) >= 11 is 0.908. The number of nitro groups is 1. The maximum Gasteiger partial charge on any atom is 0.285 e. The number of allylic oxidation sites excluding steroid dienone is 4. The molecule has 1 aliphatic rings. The lowest BCUT2D eigenvalue weighted by Crippen LogP contribution is -2.42. The molecular formula is C41H36N4O7S. The maximum atomic E-state index is 14.2. The van der Waals surface area contributed by atoms with Crippen LogP contribution in [0.4, 0.5) is 5.69 Å². The zero-order valence-corrected chi connectivity index (χ0v) is 29.8. The van der Waals surface area contributed by atoms with Crippen molar-refractivity contribution in [2.24, 2.45) is 4.99 Å². The molecule has 4 aromatic rings. The summed E-state index contributed by atoms with van der Waals surface area (Å²) in [5.41, 5.74) is 2.01. The van der Waals surface area contributed by atoms with E-state index >= 15 is 0 Å². The zero-order chi connectivity index (χ0) is 37.7. The summed E-state index contributed by atoms with van der Waals surface area (Å²) in [6.45, 7) is 5.51. The number of amidine groups is 1. The minimum absolute atomic E-state index is 0.0400. The largest absolute Gasteiger partial charge is 0.493 e. The molecule has 1 aliphatic heterocycles. The van der Waals surface area contributed by atoms with Gasteiger partial charge in [-0.05, 0) is 41.8 Å². The molecule has 0 atom stereocenters. The number of hydrogen-bond acceptors (Lipinski definition) is 8. The number of carbonyl (C=O) groups is 3. The van der Waals surface area contributed by atoms with Crippen molar-refractivity contribution in [1.29, 1.82) is 0 Å². The van der Waals surface area contributed by atoms with E-state index in [0.717, 1.165) is 34.5 Å². The molecule has 53 heavy (non-hydrogen) atoms. The molecule has 0 aliphatic carbocycles. The normalized spacial score (nSPS) is 14.0. The molecule has 1 N–H and O–H groups in total. The Morgan fingerprint density at radius 2 is 1.60 bits per heavy atom. The number of methoxy groups -OCH3 is 1. The number of thioether (sulfide) groups is 1. The van der Waals surface area contributed by atoms with Gasteiger partial charge in [-0.2, -0.15) is 4.99 Å². The first-order chi connectivity index (χ1) is 25.7. The van der Waals surface area contributed by atoms with Crippen LogP contribution in [0.5, 0.6) is 11.5 Å². The molecule has 0 unspecified atom stereocenters. The van der Waals surface area contributed by atoms with Crippen molar-refractivity contribution < 1.29 is 28.8 Å². The van der Waals surface area contributed by atoms with Crippen LogP contribution in [0.2, 0.25) is 0 Å². The van der Waals surface area contributed by atoms with Crippen LogP contribution in [0.15, 0.2) is 150 Å². The fraction of sp³-hybridized carbons (Fsp3) is 0.122. The Morgan fingerprint density at radius 1 is 0.981 bits per heavy atom. The molecule has 4 aromatic carbocycles. The van der Waals surface area contributed by atoms with Gasteiger partial charge in [0.2, 0.25) is 5.91 Å². The third-order valence-electron chi connectivity index (χ3n) is 7.96. The molecular weight excluding hydrogens is 693 g/mol. The van der Waals surface area contributed by atoms with E-state index in [2.05, 4.69) is 16.9 Å². The smallest absolute Gasteiger partial charge is 0.285 e. The minimum Gasteiger partial charge on any atom is -0.493 e. The molecule has 0 saturated carbocycles. The van der Waals surface area contributed by atoms with E-state index in [9.17, 15) is 24.5 Å². The van der Waals surface area contributed by atoms with Crippen LogP contribution in [-0.4, -0.2) is 45.6 Å². The van der Waals surface area contributed by atoms with Crippen molar-refractivity contribution >= 4 is 46.4 Å². The highest BCUT2D eigenvalue weighted by Crippen LogP contribution is 2.37. The average Bonchev–Trinajstić information content (AvgIpc) is 3.18. The second kappa shape index (κ2) is 18.1. The van der Waals surface area contributed by atoms with Crippen LogP contribution < -0.4 is 14.8 Å². The van der Waals surface area contributed by atoms with Gasteiger partial charge in [0.1, 0.15) is 12.2 Å². The Labute approximate surface area is 311 Å². The number of rotatable bonds is 14. The van der Waals surface area contributed by atoms with Crippen molar-refractivity contribution in [3.05, 3.63) is 178 Å². The number of benzene rings is 4. The molecule has 5 rings (SSSR count). The summed E-state index contributed by atoms with van der Waals surface area (Å²) in [7, 11) is 1.38. The first-order valence-corrected chi connectivity index (χ1v) is 17.4. The van der Waals surface area contributed by atoms with Crippen LogP contribution in [-0.2, 0) is 21.0 Å². The van der Waals surface area contributed by atoms with Crippen LogP contribution in [0, 0.1) is 10.1 Å². The summed E-state index contributed by atoms with van der Waals surface area (Å²) in [4.78, 5) is 58.2. The fourth-order valence-corrected chi connectivity index (χ4v) is 6.20. The average molecular weight is 729 g/mol. The van der Waals surface area contributed by atoms with Crippen LogP contribution in [0.25, 0.3) is 6.08 Å². The molecule has 0 aromatic heterocycles. The van der Waals surface area contributed by atoms with Gasteiger partial charge < -0.3 is 14.8 Å². The number of aliphatic imine (C=N–C) groups is 1. The van der Waals surface area contributed by atoms with E-state index in [4.69, 9.17) is 9.47 Å². The molecule has 0 spiro atoms. The zero-order valence-electron chi connectivity index (χ0n) is 29.0. The Bertz CT molecular complexity index is 2070. The highest BCUT2D eigenvalue weighted by molar-refractivity contribution is 8.14. The molecule has 0 fully saturated rings. The summed E-state index contributed by atoms with van der Waals surface area (Å²) in [5, 5.41) is 15.3. The number of nitrogens with one attached hydrogen (secondary N) is 1. The van der Waals surface area contributed by atoms with Crippen LogP contribution in [0.1, 0.15) is 35.2 Å². The highest BCUT2D eigenvalue weighted by Gasteiger charge is 2.36. The second-order valence-corrected chi connectivity index (χ2v) is 12.4. The second-order valence-electron chi connectivity index (χ2n) is 11.4. The van der Waals surface area contributed by atoms with Gasteiger partial charge in [0.15, 0.2) is 16.7 Å². The van der Waals surface area contributed by atoms with Gasteiger partial charge in [-0.25, -0.2) is 0 Å². The Morgan fingerprint density at radius 3 is 2.17 bits per heavy atom. The molecule has 12 heteroatoms. The lowest BCUT2D eigenvalue weighted by molar-refractivity contribution is -0.385. The van der Waals surface area contributed by atoms with Crippen molar-refractivity contribution in [2.75, 3.05) is 12.9 Å². The molecule has 268 valence electrons. The van der Waals surface area contributed by atoms with Crippen molar-refractivity contribution in [2.45, 2.75) is 19.6 Å². The number of nitro benzene ring substituents is 1. The fourth-order valence-electron chi connectivity index (χ4n) is 5.40. The van der Waals surface area contributed by atoms with Gasteiger partial charge in [-0.15, -0.1) is 0 Å². The Hall–Kier alpha value is -6.53. The lowest BCUT2D eigenvalue weighted by Gasteiger charge is -2.28. The van der Waals surface area contributed by atoms with E-state index in [0.29, 0.717) is 5.70 Å². The van der Waals surface area contributed by atoms with E-state index in [1.165, 1.54) is 30.2 Å². The SMILES string of the molecule is C=C/C=C\C(=C/C)N1C(=O)/C(=C/c2cc(OC)c(OCc3ccccc3)cc2[N+](=O)[O-])C(=O)N=C1SCC(=O)NC(c1ccccc1)c1ccccc1. The topological polar surface area (TPSA) is 140 Å². The molecule has 1 heterocycles. The molecule has 0 saturated heterocycles. The van der Waals surface area contributed by atoms with Crippen LogP contribution in [0.3, 0.4) is 0 Å². The van der Waals surface area contributed by atoms with Gasteiger partial charge in [-0.1, -0.05) is 128 Å². The van der Waals surface area contributed by atoms with E-state index < -0.39 is 34.0 Å². The van der Waals surface area contributed by atoms with Crippen molar-refractivity contribution in [1.82, 2.24) is 10.2 Å². The monoisotopic (exact) mass is 728 g/mol. The number of amides is 3. The molecule has 0 radical (unpaired) electrons. The quantitative estimate of drug-likeness (QED) is 0.0461. The first-order valence-electron chi connectivity index (χ1n) is 16.4. The van der Waals surface area contributed by atoms with Gasteiger partial charge in [0.05, 0.1) is 35.5 Å². The predicted octanol–water partition coefficient (Wildman–Crippen LogP) is 7.58. The Kier molecular flexibility index (Phi) is 12.9. The maximum absolute atomic E-state index is 14.2. The van der Waals surface area contributed by atoms with Gasteiger partial charge >= 0.3 is 0 Å². The van der Waals surface area contributed by atoms with E-state index in [1.54, 1.807) is 25.2 Å². The summed E-state index contributed by atoms with van der Waals surface area (Å²) < 4.78 is 11.3. The van der Waals surface area contributed by atoms with Gasteiger partial charge in [0.25, 0.3) is 17.5 Å². The summed E-state index contributed by atoms with van der Waals surface area (Å²) in [5.74, 6) is -2.00. The number of ether oxygens (including phenoxy) is 2. The predicted molar refractivity (Wildman–Crippen MR) is 206 cm³/mol. The highest BCUT2D eigenvalue weighted by atomic mass is 32.2. The minimum atomic E-state index is -0.929. The van der Waals surface area contributed by atoms with E-state index in [-0.39, 0.29) is 40.5 Å². The number of carbonyl (C=O) groups excluding carboxylic acids is 3. The first kappa shape index (κ1) is 37.7. The molecule has 3 amide bonds. The number of hydrogen-bond donors (Lipinski definition) is 1. The molecule has 0 bridgehead atoms. The summed E-state index contributed by atoms with van der Waals surface area (Å²) in [6, 6.07) is 30.3. The van der Waals surface area contributed by atoms with Crippen molar-refractivity contribution in [3.63, 3.8) is 0 Å². The van der Waals surface area contributed by atoms with Crippen LogP contribution >= 0.6 is 11.8 Å². The standard InChI is InChI=1S/C41H36N4O7S/c1-4-6-22-32(5-2)44-40(48)33(23-31-24-35(51-3)36(25-34(31)45(49)50)52-26-28-16-10-7-11-17-28)39(47)43-41(44)53-27-37(46)42-38(29-18-12-8-13-19-29)30-20-14-9-15-21-30/h4-25,38H,1,26-27H2,2-3H3,(H,42,46)/b22-6-,32-5+,33-23+. The molecule has 11 nitrogen and oxygen atoms in total. The summed E-state index contributed by atoms with van der Waals surface area (Å²) in [6.07, 6.45) is 7.46. The van der Waals surface area contributed by atoms with Gasteiger partial charge in [-0.3, -0.25) is 29.4 Å². The van der Waals surface area contributed by atoms with Crippen molar-refractivity contribution in [3.8, 4) is 11.5 Å². The lowest BCUT2D eigenvalue weighted by atomic mass is 9.99. The van der Waals surface area contributed by atoms with E-state index in [1.807, 2.05) is 91.0 Å². The third kappa shape index (κ3) is 9.43. The number of nitrogens with zero attached hydrogens (tertiary/aromatic N) is 3. The Balaban J connectivity index is 1.46.